The van der Waals surface area contributed by atoms with Gasteiger partial charge in [0, 0.05) is 28.2 Å². The fourth-order valence-electron chi connectivity index (χ4n) is 2.42. The second-order valence-corrected chi connectivity index (χ2v) is 5.79. The smallest absolute Gasteiger partial charge is 0.293 e. The number of aliphatic hydroxyl groups excluding tert-OH is 1. The number of aliphatic hydroxyl groups is 1. The lowest BCUT2D eigenvalue weighted by atomic mass is 10.0. The Morgan fingerprint density at radius 1 is 1.50 bits per heavy atom. The molecule has 2 N–H and O–H groups in total. The number of anilines is 1. The van der Waals surface area contributed by atoms with Gasteiger partial charge in [-0.05, 0) is 47.6 Å². The Labute approximate surface area is 119 Å². The second kappa shape index (κ2) is 5.83. The summed E-state index contributed by atoms with van der Waals surface area (Å²) < 4.78 is 0.843. The molecule has 1 fully saturated rings. The van der Waals surface area contributed by atoms with E-state index in [1.165, 1.54) is 0 Å². The van der Waals surface area contributed by atoms with E-state index in [0.717, 1.165) is 22.8 Å². The standard InChI is InChI=1S/C12H15IN2O3/c13-9-4-5-11(12(6-9)15(17)18)14-10-3-1-2-8(10)7-16/h4-6,8,10,14,16H,1-3,7H2. The molecular weight excluding hydrogens is 347 g/mol. The number of nitrogens with one attached hydrogen (secondary N) is 1. The summed E-state index contributed by atoms with van der Waals surface area (Å²) in [7, 11) is 0. The Kier molecular flexibility index (Phi) is 4.39. The van der Waals surface area contributed by atoms with Crippen LogP contribution >= 0.6 is 22.6 Å². The van der Waals surface area contributed by atoms with Crippen LogP contribution < -0.4 is 5.32 Å². The molecule has 0 aliphatic heterocycles. The molecule has 0 bridgehead atoms. The van der Waals surface area contributed by atoms with Crippen molar-refractivity contribution in [3.05, 3.63) is 31.9 Å². The van der Waals surface area contributed by atoms with E-state index in [0.29, 0.717) is 5.69 Å². The van der Waals surface area contributed by atoms with Gasteiger partial charge in [-0.15, -0.1) is 0 Å². The van der Waals surface area contributed by atoms with E-state index >= 15 is 0 Å². The molecule has 6 heteroatoms. The number of nitro benzene ring substituents is 1. The molecule has 0 saturated heterocycles. The maximum Gasteiger partial charge on any atom is 0.293 e. The molecule has 0 radical (unpaired) electrons. The quantitative estimate of drug-likeness (QED) is 0.491. The fraction of sp³-hybridized carbons (Fsp3) is 0.500. The van der Waals surface area contributed by atoms with E-state index in [-0.39, 0.29) is 29.2 Å². The number of halogens is 1. The normalized spacial score (nSPS) is 23.0. The molecule has 0 aromatic heterocycles. The molecule has 5 nitrogen and oxygen atoms in total. The number of hydrogen-bond acceptors (Lipinski definition) is 4. The zero-order valence-corrected chi connectivity index (χ0v) is 12.0. The van der Waals surface area contributed by atoms with Gasteiger partial charge in [-0.25, -0.2) is 0 Å². The third-order valence-corrected chi connectivity index (χ3v) is 4.06. The van der Waals surface area contributed by atoms with Crippen molar-refractivity contribution in [2.75, 3.05) is 11.9 Å². The van der Waals surface area contributed by atoms with E-state index in [1.807, 2.05) is 6.07 Å². The van der Waals surface area contributed by atoms with Crippen LogP contribution in [-0.4, -0.2) is 22.7 Å². The lowest BCUT2D eigenvalue weighted by Gasteiger charge is -2.20. The molecule has 18 heavy (non-hydrogen) atoms. The van der Waals surface area contributed by atoms with E-state index in [4.69, 9.17) is 0 Å². The number of benzene rings is 1. The highest BCUT2D eigenvalue weighted by Gasteiger charge is 2.28. The van der Waals surface area contributed by atoms with Crippen LogP contribution in [0.4, 0.5) is 11.4 Å². The van der Waals surface area contributed by atoms with Crippen LogP contribution in [-0.2, 0) is 0 Å². The minimum absolute atomic E-state index is 0.102. The minimum atomic E-state index is -0.368. The van der Waals surface area contributed by atoms with Crippen LogP contribution in [0.2, 0.25) is 0 Å². The summed E-state index contributed by atoms with van der Waals surface area (Å²) in [5.74, 6) is 0.198. The molecule has 1 aromatic rings. The van der Waals surface area contributed by atoms with Crippen LogP contribution in [0.1, 0.15) is 19.3 Å². The van der Waals surface area contributed by atoms with Crippen LogP contribution in [0, 0.1) is 19.6 Å². The van der Waals surface area contributed by atoms with Gasteiger partial charge < -0.3 is 10.4 Å². The lowest BCUT2D eigenvalue weighted by Crippen LogP contribution is -2.26. The van der Waals surface area contributed by atoms with E-state index in [1.54, 1.807) is 12.1 Å². The van der Waals surface area contributed by atoms with Crippen molar-refractivity contribution < 1.29 is 10.0 Å². The van der Waals surface area contributed by atoms with Gasteiger partial charge in [0.2, 0.25) is 0 Å². The summed E-state index contributed by atoms with van der Waals surface area (Å²) in [6, 6.07) is 5.28. The molecule has 0 amide bonds. The maximum absolute atomic E-state index is 11.0. The van der Waals surface area contributed by atoms with E-state index in [2.05, 4.69) is 27.9 Å². The van der Waals surface area contributed by atoms with Crippen molar-refractivity contribution in [3.8, 4) is 0 Å². The number of hydrogen-bond donors (Lipinski definition) is 2. The van der Waals surface area contributed by atoms with Crippen molar-refractivity contribution in [3.63, 3.8) is 0 Å². The predicted octanol–water partition coefficient (Wildman–Crippen LogP) is 2.77. The van der Waals surface area contributed by atoms with Gasteiger partial charge in [0.1, 0.15) is 5.69 Å². The van der Waals surface area contributed by atoms with E-state index in [9.17, 15) is 15.2 Å². The first-order valence-corrected chi connectivity index (χ1v) is 7.01. The highest BCUT2D eigenvalue weighted by Crippen LogP contribution is 2.32. The number of nitro groups is 1. The second-order valence-electron chi connectivity index (χ2n) is 4.54. The Balaban J connectivity index is 2.20. The first kappa shape index (κ1) is 13.5. The van der Waals surface area contributed by atoms with E-state index < -0.39 is 0 Å². The predicted molar refractivity (Wildman–Crippen MR) is 77.7 cm³/mol. The van der Waals surface area contributed by atoms with Gasteiger partial charge in [-0.2, -0.15) is 0 Å². The first-order chi connectivity index (χ1) is 8.61. The number of rotatable bonds is 4. The van der Waals surface area contributed by atoms with Gasteiger partial charge in [0.15, 0.2) is 0 Å². The molecule has 1 aliphatic carbocycles. The molecule has 98 valence electrons. The fourth-order valence-corrected chi connectivity index (χ4v) is 2.90. The monoisotopic (exact) mass is 362 g/mol. The van der Waals surface area contributed by atoms with Gasteiger partial charge in [0.05, 0.1) is 4.92 Å². The largest absolute Gasteiger partial charge is 0.396 e. The van der Waals surface area contributed by atoms with Crippen molar-refractivity contribution in [1.29, 1.82) is 0 Å². The molecule has 0 heterocycles. The van der Waals surface area contributed by atoms with Gasteiger partial charge in [0.25, 0.3) is 5.69 Å². The average molecular weight is 362 g/mol. The molecule has 2 rings (SSSR count). The lowest BCUT2D eigenvalue weighted by molar-refractivity contribution is -0.384. The number of nitrogens with zero attached hydrogens (tertiary/aromatic N) is 1. The van der Waals surface area contributed by atoms with Crippen LogP contribution in [0.5, 0.6) is 0 Å². The Morgan fingerprint density at radius 2 is 2.28 bits per heavy atom. The third kappa shape index (κ3) is 2.92. The SMILES string of the molecule is O=[N+]([O-])c1cc(I)ccc1NC1CCCC1CO. The third-order valence-electron chi connectivity index (χ3n) is 3.39. The summed E-state index contributed by atoms with van der Waals surface area (Å²) >= 11 is 2.06. The highest BCUT2D eigenvalue weighted by atomic mass is 127. The first-order valence-electron chi connectivity index (χ1n) is 5.93. The highest BCUT2D eigenvalue weighted by molar-refractivity contribution is 14.1. The minimum Gasteiger partial charge on any atom is -0.396 e. The molecule has 1 aromatic carbocycles. The zero-order valence-electron chi connectivity index (χ0n) is 9.80. The van der Waals surface area contributed by atoms with Gasteiger partial charge in [-0.3, -0.25) is 10.1 Å². The average Bonchev–Trinajstić information content (AvgIpc) is 2.78. The molecular formula is C12H15IN2O3. The summed E-state index contributed by atoms with van der Waals surface area (Å²) in [6.07, 6.45) is 2.99. The molecule has 2 atom stereocenters. The molecule has 1 saturated carbocycles. The van der Waals surface area contributed by atoms with Crippen LogP contribution in [0.3, 0.4) is 0 Å². The summed E-state index contributed by atoms with van der Waals surface area (Å²) in [5.41, 5.74) is 0.649. The topological polar surface area (TPSA) is 75.4 Å². The van der Waals surface area contributed by atoms with Crippen molar-refractivity contribution in [2.24, 2.45) is 5.92 Å². The van der Waals surface area contributed by atoms with Crippen molar-refractivity contribution in [2.45, 2.75) is 25.3 Å². The maximum atomic E-state index is 11.0. The van der Waals surface area contributed by atoms with Crippen LogP contribution in [0.15, 0.2) is 18.2 Å². The van der Waals surface area contributed by atoms with Gasteiger partial charge >= 0.3 is 0 Å². The molecule has 2 unspecified atom stereocenters. The van der Waals surface area contributed by atoms with Gasteiger partial charge in [-0.1, -0.05) is 6.42 Å². The van der Waals surface area contributed by atoms with Crippen molar-refractivity contribution >= 4 is 34.0 Å². The summed E-state index contributed by atoms with van der Waals surface area (Å²) in [6.45, 7) is 0.135. The Hall–Kier alpha value is -0.890. The Morgan fingerprint density at radius 3 is 2.94 bits per heavy atom. The van der Waals surface area contributed by atoms with Crippen molar-refractivity contribution in [1.82, 2.24) is 0 Å². The molecule has 0 spiro atoms. The zero-order chi connectivity index (χ0) is 13.1. The summed E-state index contributed by atoms with van der Waals surface area (Å²) in [4.78, 5) is 10.6. The summed E-state index contributed by atoms with van der Waals surface area (Å²) in [5, 5.41) is 23.5. The molecule has 1 aliphatic rings. The van der Waals surface area contributed by atoms with Crippen LogP contribution in [0.25, 0.3) is 0 Å². The Bertz CT molecular complexity index is 453.